The van der Waals surface area contributed by atoms with Gasteiger partial charge in [-0.3, -0.25) is 4.79 Å². The summed E-state index contributed by atoms with van der Waals surface area (Å²) in [6, 6.07) is 6.97. The molecule has 1 fully saturated rings. The van der Waals surface area contributed by atoms with Gasteiger partial charge in [0.25, 0.3) is 0 Å². The monoisotopic (exact) mass is 289 g/mol. The molecule has 1 aliphatic heterocycles. The summed E-state index contributed by atoms with van der Waals surface area (Å²) >= 11 is 0. The van der Waals surface area contributed by atoms with E-state index in [-0.39, 0.29) is 11.7 Å². The van der Waals surface area contributed by atoms with Crippen molar-refractivity contribution in [2.24, 2.45) is 5.92 Å². The Morgan fingerprint density at radius 2 is 2.24 bits per heavy atom. The van der Waals surface area contributed by atoms with Gasteiger partial charge in [-0.1, -0.05) is 24.3 Å². The zero-order valence-electron chi connectivity index (χ0n) is 12.6. The molecular weight excluding hydrogens is 265 g/mol. The summed E-state index contributed by atoms with van der Waals surface area (Å²) in [5, 5.41) is 0. The Labute approximate surface area is 126 Å². The SMILES string of the molecule is C=CCCC(=O)N1CCC[C@H](CCc2ccccc2F)C1. The fraction of sp³-hybridized carbons (Fsp3) is 0.500. The molecule has 3 heteroatoms. The third-order valence-electron chi connectivity index (χ3n) is 4.21. The number of carbonyl (C=O) groups excluding carboxylic acids is 1. The van der Waals surface area contributed by atoms with Gasteiger partial charge in [-0.2, -0.15) is 0 Å². The lowest BCUT2D eigenvalue weighted by Gasteiger charge is -2.33. The second-order valence-corrected chi connectivity index (χ2v) is 5.81. The zero-order valence-corrected chi connectivity index (χ0v) is 12.6. The van der Waals surface area contributed by atoms with Crippen LogP contribution in [-0.4, -0.2) is 23.9 Å². The largest absolute Gasteiger partial charge is 0.342 e. The molecule has 0 spiro atoms. The second-order valence-electron chi connectivity index (χ2n) is 5.81. The van der Waals surface area contributed by atoms with E-state index in [2.05, 4.69) is 6.58 Å². The number of nitrogens with zero attached hydrogens (tertiary/aromatic N) is 1. The minimum Gasteiger partial charge on any atom is -0.342 e. The first-order valence-corrected chi connectivity index (χ1v) is 7.82. The average molecular weight is 289 g/mol. The maximum atomic E-state index is 13.6. The number of halogens is 1. The van der Waals surface area contributed by atoms with Gasteiger partial charge in [-0.05, 0) is 49.7 Å². The molecule has 0 bridgehead atoms. The predicted octanol–water partition coefficient (Wildman–Crippen LogP) is 3.96. The summed E-state index contributed by atoms with van der Waals surface area (Å²) < 4.78 is 13.6. The fourth-order valence-electron chi connectivity index (χ4n) is 2.97. The van der Waals surface area contributed by atoms with Crippen LogP contribution in [0.1, 0.15) is 37.7 Å². The molecule has 0 N–H and O–H groups in total. The number of rotatable bonds is 6. The maximum absolute atomic E-state index is 13.6. The van der Waals surface area contributed by atoms with Crippen LogP contribution in [0.5, 0.6) is 0 Å². The lowest BCUT2D eigenvalue weighted by atomic mass is 9.91. The Hall–Kier alpha value is -1.64. The Morgan fingerprint density at radius 3 is 3.00 bits per heavy atom. The van der Waals surface area contributed by atoms with E-state index in [4.69, 9.17) is 0 Å². The summed E-state index contributed by atoms with van der Waals surface area (Å²) in [4.78, 5) is 14.0. The number of piperidine rings is 1. The van der Waals surface area contributed by atoms with Gasteiger partial charge in [0.2, 0.25) is 5.91 Å². The lowest BCUT2D eigenvalue weighted by Crippen LogP contribution is -2.39. The smallest absolute Gasteiger partial charge is 0.222 e. The van der Waals surface area contributed by atoms with Gasteiger partial charge in [0.15, 0.2) is 0 Å². The van der Waals surface area contributed by atoms with Crippen LogP contribution >= 0.6 is 0 Å². The van der Waals surface area contributed by atoms with Crippen LogP contribution in [0.3, 0.4) is 0 Å². The van der Waals surface area contributed by atoms with Crippen molar-refractivity contribution >= 4 is 5.91 Å². The van der Waals surface area contributed by atoms with E-state index in [1.165, 1.54) is 6.07 Å². The molecule has 21 heavy (non-hydrogen) atoms. The molecule has 1 saturated heterocycles. The highest BCUT2D eigenvalue weighted by Gasteiger charge is 2.23. The highest BCUT2D eigenvalue weighted by molar-refractivity contribution is 5.76. The number of allylic oxidation sites excluding steroid dienone is 1. The van der Waals surface area contributed by atoms with Gasteiger partial charge < -0.3 is 4.90 Å². The molecule has 1 heterocycles. The number of likely N-dealkylation sites (tertiary alicyclic amines) is 1. The minimum absolute atomic E-state index is 0.118. The Balaban J connectivity index is 1.82. The molecule has 0 unspecified atom stereocenters. The van der Waals surface area contributed by atoms with Crippen molar-refractivity contribution in [2.75, 3.05) is 13.1 Å². The molecule has 1 amide bonds. The van der Waals surface area contributed by atoms with Gasteiger partial charge >= 0.3 is 0 Å². The van der Waals surface area contributed by atoms with Crippen molar-refractivity contribution in [3.8, 4) is 0 Å². The lowest BCUT2D eigenvalue weighted by molar-refractivity contribution is -0.132. The summed E-state index contributed by atoms with van der Waals surface area (Å²) in [6.07, 6.45) is 7.00. The fourth-order valence-corrected chi connectivity index (χ4v) is 2.97. The van der Waals surface area contributed by atoms with E-state index in [0.717, 1.165) is 50.8 Å². The topological polar surface area (TPSA) is 20.3 Å². The van der Waals surface area contributed by atoms with Crippen LogP contribution in [0.2, 0.25) is 0 Å². The summed E-state index contributed by atoms with van der Waals surface area (Å²) in [5.41, 5.74) is 0.785. The number of amides is 1. The first-order valence-electron chi connectivity index (χ1n) is 7.82. The van der Waals surface area contributed by atoms with E-state index in [0.29, 0.717) is 12.3 Å². The minimum atomic E-state index is -0.118. The molecule has 0 aliphatic carbocycles. The Morgan fingerprint density at radius 1 is 1.43 bits per heavy atom. The molecule has 2 nitrogen and oxygen atoms in total. The standard InChI is InChI=1S/C18H24FNO/c1-2-3-10-18(21)20-13-6-7-15(14-20)11-12-16-8-4-5-9-17(16)19/h2,4-5,8-9,15H,1,3,6-7,10-14H2/t15-/m1/s1. The molecule has 114 valence electrons. The maximum Gasteiger partial charge on any atom is 0.222 e. The molecule has 1 aromatic carbocycles. The number of aryl methyl sites for hydroxylation is 1. The number of hydrogen-bond acceptors (Lipinski definition) is 1. The van der Waals surface area contributed by atoms with Crippen molar-refractivity contribution in [3.63, 3.8) is 0 Å². The average Bonchev–Trinajstić information content (AvgIpc) is 2.52. The number of benzene rings is 1. The first kappa shape index (κ1) is 15.7. The predicted molar refractivity (Wildman–Crippen MR) is 83.5 cm³/mol. The van der Waals surface area contributed by atoms with Crippen molar-refractivity contribution in [1.29, 1.82) is 0 Å². The molecule has 0 radical (unpaired) electrons. The quantitative estimate of drug-likeness (QED) is 0.726. The Bertz CT molecular complexity index is 486. The highest BCUT2D eigenvalue weighted by atomic mass is 19.1. The summed E-state index contributed by atoms with van der Waals surface area (Å²) in [5.74, 6) is 0.601. The van der Waals surface area contributed by atoms with Crippen molar-refractivity contribution in [1.82, 2.24) is 4.90 Å². The third-order valence-corrected chi connectivity index (χ3v) is 4.21. The molecule has 1 atom stereocenters. The molecular formula is C18H24FNO. The highest BCUT2D eigenvalue weighted by Crippen LogP contribution is 2.23. The van der Waals surface area contributed by atoms with Crippen LogP contribution in [0.15, 0.2) is 36.9 Å². The van der Waals surface area contributed by atoms with Crippen molar-refractivity contribution in [2.45, 2.75) is 38.5 Å². The molecule has 1 aromatic rings. The van der Waals surface area contributed by atoms with Crippen LogP contribution < -0.4 is 0 Å². The molecule has 0 saturated carbocycles. The first-order chi connectivity index (χ1) is 10.2. The van der Waals surface area contributed by atoms with Crippen LogP contribution in [0.4, 0.5) is 4.39 Å². The third kappa shape index (κ3) is 4.69. The van der Waals surface area contributed by atoms with E-state index >= 15 is 0 Å². The van der Waals surface area contributed by atoms with Gasteiger partial charge in [0, 0.05) is 19.5 Å². The number of carbonyl (C=O) groups is 1. The van der Waals surface area contributed by atoms with E-state index in [1.807, 2.05) is 17.0 Å². The van der Waals surface area contributed by atoms with Crippen LogP contribution in [0, 0.1) is 11.7 Å². The van der Waals surface area contributed by atoms with E-state index in [9.17, 15) is 9.18 Å². The van der Waals surface area contributed by atoms with Gasteiger partial charge in [-0.15, -0.1) is 6.58 Å². The van der Waals surface area contributed by atoms with Crippen molar-refractivity contribution in [3.05, 3.63) is 48.3 Å². The second kappa shape index (κ2) is 7.96. The molecule has 0 aromatic heterocycles. The van der Waals surface area contributed by atoms with E-state index in [1.54, 1.807) is 12.1 Å². The normalized spacial score (nSPS) is 18.5. The Kier molecular flexibility index (Phi) is 5.97. The van der Waals surface area contributed by atoms with Crippen LogP contribution in [-0.2, 0) is 11.2 Å². The van der Waals surface area contributed by atoms with Crippen LogP contribution in [0.25, 0.3) is 0 Å². The summed E-state index contributed by atoms with van der Waals surface area (Å²) in [7, 11) is 0. The van der Waals surface area contributed by atoms with E-state index < -0.39 is 0 Å². The van der Waals surface area contributed by atoms with Crippen molar-refractivity contribution < 1.29 is 9.18 Å². The van der Waals surface area contributed by atoms with Gasteiger partial charge in [0.05, 0.1) is 0 Å². The zero-order chi connectivity index (χ0) is 15.1. The molecule has 1 aliphatic rings. The molecule has 2 rings (SSSR count). The van der Waals surface area contributed by atoms with Gasteiger partial charge in [-0.25, -0.2) is 4.39 Å². The summed E-state index contributed by atoms with van der Waals surface area (Å²) in [6.45, 7) is 5.35. The van der Waals surface area contributed by atoms with Gasteiger partial charge in [0.1, 0.15) is 5.82 Å². The number of hydrogen-bond donors (Lipinski definition) is 0.